The number of nitrogens with one attached hydrogen (secondary N) is 1. The molecule has 1 aromatic carbocycles. The third kappa shape index (κ3) is 4.09. The molecule has 1 N–H and O–H groups in total. The van der Waals surface area contributed by atoms with E-state index in [-0.39, 0.29) is 5.91 Å². The van der Waals surface area contributed by atoms with Crippen LogP contribution in [0.15, 0.2) is 29.2 Å². The molecule has 0 unspecified atom stereocenters. The fraction of sp³-hybridized carbons (Fsp3) is 0.250. The Morgan fingerprint density at radius 2 is 2.27 bits per heavy atom. The zero-order chi connectivity index (χ0) is 11.1. The molecule has 3 heteroatoms. The predicted octanol–water partition coefficient (Wildman–Crippen LogP) is 1.84. The van der Waals surface area contributed by atoms with E-state index in [1.807, 2.05) is 31.2 Å². The van der Waals surface area contributed by atoms with Crippen molar-refractivity contribution in [2.24, 2.45) is 0 Å². The van der Waals surface area contributed by atoms with E-state index in [1.54, 1.807) is 0 Å². The predicted molar refractivity (Wildman–Crippen MR) is 63.7 cm³/mol. The van der Waals surface area contributed by atoms with Crippen molar-refractivity contribution in [3.63, 3.8) is 0 Å². The first-order valence-corrected chi connectivity index (χ1v) is 5.61. The second kappa shape index (κ2) is 6.15. The van der Waals surface area contributed by atoms with Gasteiger partial charge in [0, 0.05) is 4.90 Å². The Morgan fingerprint density at radius 3 is 2.93 bits per heavy atom. The molecule has 0 fully saturated rings. The molecule has 0 spiro atoms. The summed E-state index contributed by atoms with van der Waals surface area (Å²) in [5, 5.41) is 2.63. The lowest BCUT2D eigenvalue weighted by Crippen LogP contribution is -2.25. The van der Waals surface area contributed by atoms with Crippen LogP contribution in [0.5, 0.6) is 0 Å². The van der Waals surface area contributed by atoms with E-state index in [1.165, 1.54) is 17.3 Å². The fourth-order valence-electron chi connectivity index (χ4n) is 1.06. The number of carbonyl (C=O) groups excluding carboxylic acids is 1. The summed E-state index contributed by atoms with van der Waals surface area (Å²) in [5.41, 5.74) is 1.19. The van der Waals surface area contributed by atoms with E-state index in [0.29, 0.717) is 12.3 Å². The molecule has 2 nitrogen and oxygen atoms in total. The maximum absolute atomic E-state index is 11.3. The average molecular weight is 219 g/mol. The molecule has 1 aromatic rings. The average Bonchev–Trinajstić information content (AvgIpc) is 2.25. The monoisotopic (exact) mass is 219 g/mol. The first-order valence-electron chi connectivity index (χ1n) is 4.62. The fourth-order valence-corrected chi connectivity index (χ4v) is 1.92. The molecule has 0 radical (unpaired) electrons. The molecule has 1 amide bonds. The van der Waals surface area contributed by atoms with Gasteiger partial charge in [0.15, 0.2) is 0 Å². The molecular formula is C12H13NOS. The van der Waals surface area contributed by atoms with Crippen molar-refractivity contribution in [2.45, 2.75) is 11.8 Å². The third-order valence-electron chi connectivity index (χ3n) is 1.84. The van der Waals surface area contributed by atoms with Gasteiger partial charge in [0.25, 0.3) is 0 Å². The maximum atomic E-state index is 11.3. The Balaban J connectivity index is 2.41. The van der Waals surface area contributed by atoms with Crippen LogP contribution in [0.25, 0.3) is 0 Å². The highest BCUT2D eigenvalue weighted by Gasteiger charge is 2.02. The summed E-state index contributed by atoms with van der Waals surface area (Å²) in [6.45, 7) is 2.33. The van der Waals surface area contributed by atoms with Crippen LogP contribution >= 0.6 is 11.8 Å². The van der Waals surface area contributed by atoms with Crippen LogP contribution in [0, 0.1) is 19.3 Å². The molecule has 0 bridgehead atoms. The van der Waals surface area contributed by atoms with Gasteiger partial charge in [0.2, 0.25) is 5.91 Å². The number of rotatable bonds is 4. The minimum atomic E-state index is -0.0267. The second-order valence-electron chi connectivity index (χ2n) is 3.04. The number of terminal acetylenes is 1. The normalized spacial score (nSPS) is 9.33. The maximum Gasteiger partial charge on any atom is 0.231 e. The zero-order valence-electron chi connectivity index (χ0n) is 8.62. The van der Waals surface area contributed by atoms with Gasteiger partial charge in [-0.1, -0.05) is 24.1 Å². The minimum Gasteiger partial charge on any atom is -0.344 e. The first-order chi connectivity index (χ1) is 7.24. The van der Waals surface area contributed by atoms with Crippen LogP contribution in [-0.2, 0) is 4.79 Å². The molecule has 0 aliphatic heterocycles. The summed E-state index contributed by atoms with van der Waals surface area (Å²) in [6.07, 6.45) is 5.04. The summed E-state index contributed by atoms with van der Waals surface area (Å²) in [6, 6.07) is 7.99. The molecule has 78 valence electrons. The van der Waals surface area contributed by atoms with Crippen molar-refractivity contribution >= 4 is 17.7 Å². The molecule has 0 saturated carbocycles. The van der Waals surface area contributed by atoms with Gasteiger partial charge in [-0.25, -0.2) is 0 Å². The standard InChI is InChI=1S/C12H13NOS/c1-3-8-13-12(14)9-15-11-7-5-4-6-10(11)2/h1,4-7H,8-9H2,2H3,(H,13,14). The molecule has 0 aromatic heterocycles. The Hall–Kier alpha value is -1.40. The SMILES string of the molecule is C#CCNC(=O)CSc1ccccc1C. The van der Waals surface area contributed by atoms with Crippen LogP contribution in [0.2, 0.25) is 0 Å². The molecule has 1 rings (SSSR count). The molecular weight excluding hydrogens is 206 g/mol. The first kappa shape index (κ1) is 11.7. The number of hydrogen-bond acceptors (Lipinski definition) is 2. The molecule has 0 atom stereocenters. The van der Waals surface area contributed by atoms with E-state index in [2.05, 4.69) is 11.2 Å². The van der Waals surface area contributed by atoms with Gasteiger partial charge in [0.1, 0.15) is 0 Å². The lowest BCUT2D eigenvalue weighted by atomic mass is 10.2. The number of hydrogen-bond donors (Lipinski definition) is 1. The van der Waals surface area contributed by atoms with Crippen molar-refractivity contribution in [3.05, 3.63) is 29.8 Å². The number of amides is 1. The van der Waals surface area contributed by atoms with Gasteiger partial charge in [-0.15, -0.1) is 18.2 Å². The van der Waals surface area contributed by atoms with Crippen molar-refractivity contribution < 1.29 is 4.79 Å². The van der Waals surface area contributed by atoms with Gasteiger partial charge in [-0.05, 0) is 18.6 Å². The van der Waals surface area contributed by atoms with E-state index in [4.69, 9.17) is 6.42 Å². The van der Waals surface area contributed by atoms with Gasteiger partial charge < -0.3 is 5.32 Å². The minimum absolute atomic E-state index is 0.0267. The molecule has 15 heavy (non-hydrogen) atoms. The van der Waals surface area contributed by atoms with Crippen molar-refractivity contribution in [1.29, 1.82) is 0 Å². The zero-order valence-corrected chi connectivity index (χ0v) is 9.43. The largest absolute Gasteiger partial charge is 0.344 e. The number of thioether (sulfide) groups is 1. The van der Waals surface area contributed by atoms with Crippen LogP contribution in [0.4, 0.5) is 0 Å². The summed E-state index contributed by atoms with van der Waals surface area (Å²) in [7, 11) is 0. The molecule has 0 aliphatic rings. The van der Waals surface area contributed by atoms with E-state index < -0.39 is 0 Å². The Morgan fingerprint density at radius 1 is 1.53 bits per heavy atom. The second-order valence-corrected chi connectivity index (χ2v) is 4.05. The van der Waals surface area contributed by atoms with Crippen molar-refractivity contribution in [2.75, 3.05) is 12.3 Å². The Kier molecular flexibility index (Phi) is 4.79. The summed E-state index contributed by atoms with van der Waals surface area (Å²) in [5.74, 6) is 2.75. The van der Waals surface area contributed by atoms with Crippen LogP contribution in [0.3, 0.4) is 0 Å². The summed E-state index contributed by atoms with van der Waals surface area (Å²) in [4.78, 5) is 12.4. The molecule has 0 aliphatic carbocycles. The molecule has 0 heterocycles. The van der Waals surface area contributed by atoms with Crippen LogP contribution in [0.1, 0.15) is 5.56 Å². The van der Waals surface area contributed by atoms with Crippen LogP contribution < -0.4 is 5.32 Å². The lowest BCUT2D eigenvalue weighted by Gasteiger charge is -2.04. The highest BCUT2D eigenvalue weighted by molar-refractivity contribution is 8.00. The summed E-state index contributed by atoms with van der Waals surface area (Å²) >= 11 is 1.52. The lowest BCUT2D eigenvalue weighted by molar-refractivity contribution is -0.118. The Labute approximate surface area is 94.5 Å². The van der Waals surface area contributed by atoms with Gasteiger partial charge in [-0.3, -0.25) is 4.79 Å². The van der Waals surface area contributed by atoms with Crippen LogP contribution in [-0.4, -0.2) is 18.2 Å². The van der Waals surface area contributed by atoms with E-state index in [0.717, 1.165) is 4.90 Å². The summed E-state index contributed by atoms with van der Waals surface area (Å²) < 4.78 is 0. The van der Waals surface area contributed by atoms with E-state index in [9.17, 15) is 4.79 Å². The highest BCUT2D eigenvalue weighted by Crippen LogP contribution is 2.21. The van der Waals surface area contributed by atoms with Crippen molar-refractivity contribution in [1.82, 2.24) is 5.32 Å². The van der Waals surface area contributed by atoms with Gasteiger partial charge in [0.05, 0.1) is 12.3 Å². The number of aryl methyl sites for hydroxylation is 1. The molecule has 0 saturated heterocycles. The quantitative estimate of drug-likeness (QED) is 0.618. The third-order valence-corrected chi connectivity index (χ3v) is 3.02. The highest BCUT2D eigenvalue weighted by atomic mass is 32.2. The number of benzene rings is 1. The Bertz CT molecular complexity index is 381. The van der Waals surface area contributed by atoms with Gasteiger partial charge >= 0.3 is 0 Å². The smallest absolute Gasteiger partial charge is 0.231 e. The van der Waals surface area contributed by atoms with E-state index >= 15 is 0 Å². The van der Waals surface area contributed by atoms with Gasteiger partial charge in [-0.2, -0.15) is 0 Å². The van der Waals surface area contributed by atoms with Crippen molar-refractivity contribution in [3.8, 4) is 12.3 Å². The number of carbonyl (C=O) groups is 1. The topological polar surface area (TPSA) is 29.1 Å².